The van der Waals surface area contributed by atoms with E-state index in [-0.39, 0.29) is 5.91 Å². The predicted molar refractivity (Wildman–Crippen MR) is 63.6 cm³/mol. The third-order valence-corrected chi connectivity index (χ3v) is 3.09. The van der Waals surface area contributed by atoms with Gasteiger partial charge in [-0.25, -0.2) is 4.98 Å². The van der Waals surface area contributed by atoms with Gasteiger partial charge in [-0.2, -0.15) is 0 Å². The molecule has 2 rings (SSSR count). The van der Waals surface area contributed by atoms with Crippen molar-refractivity contribution in [3.63, 3.8) is 0 Å². The van der Waals surface area contributed by atoms with E-state index in [0.29, 0.717) is 16.3 Å². The van der Waals surface area contributed by atoms with Gasteiger partial charge in [-0.1, -0.05) is 6.07 Å². The highest BCUT2D eigenvalue weighted by molar-refractivity contribution is 7.12. The standard InChI is InChI=1S/C12H9N2OS/c1-8-3-4-10(13-7-8)14-12(15)11-9(2)5-6-16-11/h3-7H,2H3,(H,13,14,15). The van der Waals surface area contributed by atoms with Crippen LogP contribution < -0.4 is 5.32 Å². The molecule has 3 radical (unpaired) electrons. The number of aromatic nitrogens is 1. The maximum absolute atomic E-state index is 11.8. The molecule has 0 unspecified atom stereocenters. The van der Waals surface area contributed by atoms with Gasteiger partial charge in [0.1, 0.15) is 5.82 Å². The third kappa shape index (κ3) is 2.28. The minimum absolute atomic E-state index is 0.155. The Morgan fingerprint density at radius 3 is 2.81 bits per heavy atom. The topological polar surface area (TPSA) is 42.0 Å². The summed E-state index contributed by atoms with van der Waals surface area (Å²) in [5.74, 6) is 0.312. The Morgan fingerprint density at radius 1 is 1.44 bits per heavy atom. The molecule has 0 spiro atoms. The van der Waals surface area contributed by atoms with Crippen LogP contribution in [-0.4, -0.2) is 10.9 Å². The summed E-state index contributed by atoms with van der Waals surface area (Å²) in [5, 5.41) is 4.57. The maximum Gasteiger partial charge on any atom is 0.267 e. The number of hydrogen-bond acceptors (Lipinski definition) is 3. The van der Waals surface area contributed by atoms with Gasteiger partial charge in [-0.3, -0.25) is 4.79 Å². The smallest absolute Gasteiger partial charge is 0.267 e. The number of thiophene rings is 1. The van der Waals surface area contributed by atoms with E-state index < -0.39 is 0 Å². The Morgan fingerprint density at radius 2 is 2.25 bits per heavy atom. The number of carbonyl (C=O) groups is 1. The van der Waals surface area contributed by atoms with Gasteiger partial charge in [0.2, 0.25) is 0 Å². The van der Waals surface area contributed by atoms with Gasteiger partial charge in [-0.15, -0.1) is 11.3 Å². The molecule has 3 nitrogen and oxygen atoms in total. The molecule has 16 heavy (non-hydrogen) atoms. The SMILES string of the molecule is [C]c1ccc(NC(=O)c2sccc2C)nc1. The van der Waals surface area contributed by atoms with E-state index in [2.05, 4.69) is 10.3 Å². The lowest BCUT2D eigenvalue weighted by Crippen LogP contribution is -2.12. The van der Waals surface area contributed by atoms with Crippen LogP contribution in [0.5, 0.6) is 0 Å². The molecule has 0 bridgehead atoms. The zero-order valence-corrected chi connectivity index (χ0v) is 9.47. The third-order valence-electron chi connectivity index (χ3n) is 2.07. The highest BCUT2D eigenvalue weighted by Crippen LogP contribution is 2.17. The lowest BCUT2D eigenvalue weighted by atomic mass is 10.3. The van der Waals surface area contributed by atoms with Crippen molar-refractivity contribution >= 4 is 23.1 Å². The lowest BCUT2D eigenvalue weighted by molar-refractivity contribution is 0.102. The predicted octanol–water partition coefficient (Wildman–Crippen LogP) is 2.64. The summed E-state index contributed by atoms with van der Waals surface area (Å²) in [4.78, 5) is 16.4. The van der Waals surface area contributed by atoms with Gasteiger partial charge in [0.25, 0.3) is 5.91 Å². The fourth-order valence-electron chi connectivity index (χ4n) is 1.25. The molecule has 0 saturated heterocycles. The minimum Gasteiger partial charge on any atom is -0.306 e. The fraction of sp³-hybridized carbons (Fsp3) is 0.0833. The number of nitrogens with one attached hydrogen (secondary N) is 1. The van der Waals surface area contributed by atoms with Crippen LogP contribution in [0.2, 0.25) is 0 Å². The first kappa shape index (κ1) is 10.8. The fourth-order valence-corrected chi connectivity index (χ4v) is 2.07. The molecule has 0 saturated carbocycles. The normalized spacial score (nSPS) is 10.1. The number of rotatable bonds is 2. The van der Waals surface area contributed by atoms with Gasteiger partial charge in [0.05, 0.1) is 4.88 Å². The van der Waals surface area contributed by atoms with E-state index >= 15 is 0 Å². The van der Waals surface area contributed by atoms with Gasteiger partial charge >= 0.3 is 0 Å². The van der Waals surface area contributed by atoms with Crippen molar-refractivity contribution in [1.29, 1.82) is 0 Å². The first-order valence-corrected chi connectivity index (χ1v) is 5.58. The van der Waals surface area contributed by atoms with Crippen molar-refractivity contribution in [3.05, 3.63) is 52.7 Å². The van der Waals surface area contributed by atoms with Crippen molar-refractivity contribution in [2.45, 2.75) is 6.92 Å². The summed E-state index contributed by atoms with van der Waals surface area (Å²) in [7, 11) is 0. The summed E-state index contributed by atoms with van der Waals surface area (Å²) < 4.78 is 0. The van der Waals surface area contributed by atoms with E-state index in [1.54, 1.807) is 12.1 Å². The molecular formula is C12H9N2OS. The monoisotopic (exact) mass is 229 g/mol. The van der Waals surface area contributed by atoms with Crippen molar-refractivity contribution in [3.8, 4) is 0 Å². The maximum atomic E-state index is 11.8. The molecule has 4 heteroatoms. The number of aryl methyl sites for hydroxylation is 1. The van der Waals surface area contributed by atoms with Crippen molar-refractivity contribution in [2.24, 2.45) is 0 Å². The number of nitrogens with zero attached hydrogens (tertiary/aromatic N) is 1. The second kappa shape index (κ2) is 4.45. The van der Waals surface area contributed by atoms with E-state index in [1.165, 1.54) is 17.5 Å². The Labute approximate surface area is 98.2 Å². The van der Waals surface area contributed by atoms with Crippen molar-refractivity contribution < 1.29 is 4.79 Å². The van der Waals surface area contributed by atoms with Crippen LogP contribution in [0.1, 0.15) is 20.8 Å². The molecule has 1 N–H and O–H groups in total. The van der Waals surface area contributed by atoms with Gasteiger partial charge < -0.3 is 5.32 Å². The Balaban J connectivity index is 2.14. The number of carbonyl (C=O) groups excluding carboxylic acids is 1. The van der Waals surface area contributed by atoms with Gasteiger partial charge in [0.15, 0.2) is 0 Å². The number of anilines is 1. The van der Waals surface area contributed by atoms with E-state index in [9.17, 15) is 4.79 Å². The number of hydrogen-bond donors (Lipinski definition) is 1. The average molecular weight is 229 g/mol. The zero-order valence-electron chi connectivity index (χ0n) is 8.65. The first-order valence-electron chi connectivity index (χ1n) is 4.70. The van der Waals surface area contributed by atoms with Crippen molar-refractivity contribution in [2.75, 3.05) is 5.32 Å². The number of amides is 1. The summed E-state index contributed by atoms with van der Waals surface area (Å²) >= 11 is 1.40. The van der Waals surface area contributed by atoms with Crippen LogP contribution in [-0.2, 0) is 0 Å². The van der Waals surface area contributed by atoms with Crippen LogP contribution >= 0.6 is 11.3 Å². The highest BCUT2D eigenvalue weighted by atomic mass is 32.1. The summed E-state index contributed by atoms with van der Waals surface area (Å²) in [5.41, 5.74) is 1.28. The quantitative estimate of drug-likeness (QED) is 0.860. The van der Waals surface area contributed by atoms with Crippen LogP contribution in [0.3, 0.4) is 0 Å². The molecule has 79 valence electrons. The molecule has 2 aromatic rings. The Kier molecular flexibility index (Phi) is 3.01. The van der Waals surface area contributed by atoms with Gasteiger partial charge in [-0.05, 0) is 35.6 Å². The second-order valence-corrected chi connectivity index (χ2v) is 4.24. The highest BCUT2D eigenvalue weighted by Gasteiger charge is 2.10. The molecule has 1 amide bonds. The van der Waals surface area contributed by atoms with Crippen molar-refractivity contribution in [1.82, 2.24) is 4.98 Å². The zero-order chi connectivity index (χ0) is 11.5. The minimum atomic E-state index is -0.155. The molecule has 0 aliphatic heterocycles. The van der Waals surface area contributed by atoms with Crippen LogP contribution in [0.4, 0.5) is 5.82 Å². The summed E-state index contributed by atoms with van der Waals surface area (Å²) in [6.45, 7) is 9.17. The summed E-state index contributed by atoms with van der Waals surface area (Å²) in [6, 6.07) is 5.10. The Hall–Kier alpha value is -1.68. The average Bonchev–Trinajstić information content (AvgIpc) is 2.68. The molecule has 0 aliphatic rings. The molecule has 0 fully saturated rings. The lowest BCUT2D eigenvalue weighted by Gasteiger charge is -2.03. The molecule has 0 aliphatic carbocycles. The number of pyridine rings is 1. The second-order valence-electron chi connectivity index (χ2n) is 3.32. The largest absolute Gasteiger partial charge is 0.306 e. The van der Waals surface area contributed by atoms with Gasteiger partial charge in [0, 0.05) is 13.1 Å². The molecule has 2 heterocycles. The molecular weight excluding hydrogens is 220 g/mol. The van der Waals surface area contributed by atoms with E-state index in [1.807, 2.05) is 18.4 Å². The summed E-state index contributed by atoms with van der Waals surface area (Å²) in [6.07, 6.45) is 1.40. The van der Waals surface area contributed by atoms with Crippen LogP contribution in [0.15, 0.2) is 29.8 Å². The molecule has 0 atom stereocenters. The van der Waals surface area contributed by atoms with E-state index in [4.69, 9.17) is 6.92 Å². The van der Waals surface area contributed by atoms with E-state index in [0.717, 1.165) is 5.56 Å². The molecule has 0 aromatic carbocycles. The van der Waals surface area contributed by atoms with Crippen LogP contribution in [0.25, 0.3) is 0 Å². The molecule has 2 aromatic heterocycles. The first-order chi connectivity index (χ1) is 7.66. The Bertz CT molecular complexity index is 502. The van der Waals surface area contributed by atoms with Crippen LogP contribution in [0, 0.1) is 13.8 Å².